The topological polar surface area (TPSA) is 77.5 Å². The van der Waals surface area contributed by atoms with Gasteiger partial charge in [0.25, 0.3) is 0 Å². The van der Waals surface area contributed by atoms with Crippen LogP contribution in [0, 0.1) is 0 Å². The molecule has 0 saturated carbocycles. The summed E-state index contributed by atoms with van der Waals surface area (Å²) >= 11 is 0. The molecule has 2 aromatic carbocycles. The number of fused-ring (bicyclic) bond motifs is 3. The van der Waals surface area contributed by atoms with Gasteiger partial charge in [-0.1, -0.05) is 54.6 Å². The number of ether oxygens (including phenoxy) is 2. The van der Waals surface area contributed by atoms with Crippen LogP contribution in [0.2, 0.25) is 0 Å². The third kappa shape index (κ3) is 4.64. The maximum atomic E-state index is 12.8. The molecule has 6 nitrogen and oxygen atoms in total. The molecular weight excluding hydrogens is 404 g/mol. The summed E-state index contributed by atoms with van der Waals surface area (Å²) in [5.41, 5.74) is 4.38. The summed E-state index contributed by atoms with van der Waals surface area (Å²) in [6.07, 6.45) is 2.44. The predicted octanol–water partition coefficient (Wildman–Crippen LogP) is 5.00. The monoisotopic (exact) mass is 430 g/mol. The molecule has 4 rings (SSSR count). The minimum Gasteiger partial charge on any atom is -0.458 e. The van der Waals surface area contributed by atoms with Crippen molar-refractivity contribution < 1.29 is 19.1 Å². The molecule has 1 amide bonds. The number of amides is 1. The first-order chi connectivity index (χ1) is 15.3. The van der Waals surface area contributed by atoms with Crippen molar-refractivity contribution in [2.75, 3.05) is 6.61 Å². The van der Waals surface area contributed by atoms with Crippen LogP contribution in [0.5, 0.6) is 0 Å². The molecule has 0 bridgehead atoms. The Kier molecular flexibility index (Phi) is 5.95. The molecule has 6 heteroatoms. The Hall–Kier alpha value is -3.67. The molecule has 1 atom stereocenters. The minimum atomic E-state index is -1.02. The maximum Gasteiger partial charge on any atom is 0.408 e. The van der Waals surface area contributed by atoms with Gasteiger partial charge < -0.3 is 14.8 Å². The van der Waals surface area contributed by atoms with Crippen molar-refractivity contribution in [2.24, 2.45) is 0 Å². The van der Waals surface area contributed by atoms with E-state index in [1.807, 2.05) is 24.3 Å². The summed E-state index contributed by atoms with van der Waals surface area (Å²) in [6, 6.07) is 18.6. The summed E-state index contributed by atoms with van der Waals surface area (Å²) in [4.78, 5) is 29.5. The van der Waals surface area contributed by atoms with Gasteiger partial charge in [-0.3, -0.25) is 4.98 Å². The highest BCUT2D eigenvalue weighted by Crippen LogP contribution is 2.44. The molecule has 0 spiro atoms. The Labute approximate surface area is 187 Å². The first kappa shape index (κ1) is 21.6. The number of carbonyl (C=O) groups is 2. The van der Waals surface area contributed by atoms with Crippen molar-refractivity contribution in [1.29, 1.82) is 0 Å². The number of nitrogens with one attached hydrogen (secondary N) is 1. The molecule has 1 aliphatic carbocycles. The number of hydrogen-bond donors (Lipinski definition) is 1. The van der Waals surface area contributed by atoms with Crippen LogP contribution < -0.4 is 5.32 Å². The smallest absolute Gasteiger partial charge is 0.408 e. The Morgan fingerprint density at radius 1 is 0.969 bits per heavy atom. The number of pyridine rings is 1. The Morgan fingerprint density at radius 2 is 1.59 bits per heavy atom. The average Bonchev–Trinajstić information content (AvgIpc) is 3.09. The first-order valence-electron chi connectivity index (χ1n) is 10.6. The van der Waals surface area contributed by atoms with E-state index in [1.165, 1.54) is 6.20 Å². The van der Waals surface area contributed by atoms with E-state index in [2.05, 4.69) is 34.6 Å². The zero-order valence-electron chi connectivity index (χ0n) is 18.4. The van der Waals surface area contributed by atoms with Gasteiger partial charge >= 0.3 is 12.1 Å². The predicted molar refractivity (Wildman–Crippen MR) is 121 cm³/mol. The van der Waals surface area contributed by atoms with Crippen LogP contribution in [0.4, 0.5) is 4.79 Å². The zero-order valence-corrected chi connectivity index (χ0v) is 18.4. The molecule has 1 aliphatic rings. The lowest BCUT2D eigenvalue weighted by Gasteiger charge is -2.24. The van der Waals surface area contributed by atoms with E-state index in [-0.39, 0.29) is 12.5 Å². The number of rotatable bonds is 5. The van der Waals surface area contributed by atoms with Crippen molar-refractivity contribution in [3.8, 4) is 11.1 Å². The van der Waals surface area contributed by atoms with E-state index in [4.69, 9.17) is 9.47 Å². The molecule has 0 radical (unpaired) electrons. The second-order valence-electron chi connectivity index (χ2n) is 8.72. The molecule has 1 heterocycles. The molecule has 0 aliphatic heterocycles. The number of hydrogen-bond acceptors (Lipinski definition) is 5. The Bertz CT molecular complexity index is 1080. The van der Waals surface area contributed by atoms with Crippen LogP contribution in [0.25, 0.3) is 11.1 Å². The fraction of sp³-hybridized carbons (Fsp3) is 0.269. The maximum absolute atomic E-state index is 12.8. The molecule has 1 N–H and O–H groups in total. The van der Waals surface area contributed by atoms with Crippen molar-refractivity contribution in [1.82, 2.24) is 10.3 Å². The second kappa shape index (κ2) is 8.83. The fourth-order valence-corrected chi connectivity index (χ4v) is 3.94. The van der Waals surface area contributed by atoms with Crippen molar-refractivity contribution in [3.63, 3.8) is 0 Å². The van der Waals surface area contributed by atoms with Crippen LogP contribution in [-0.2, 0) is 14.3 Å². The number of aromatic nitrogens is 1. The third-order valence-electron chi connectivity index (χ3n) is 5.27. The summed E-state index contributed by atoms with van der Waals surface area (Å²) in [7, 11) is 0. The van der Waals surface area contributed by atoms with Crippen LogP contribution >= 0.6 is 0 Å². The molecule has 1 unspecified atom stereocenters. The van der Waals surface area contributed by atoms with Crippen LogP contribution in [0.3, 0.4) is 0 Å². The van der Waals surface area contributed by atoms with E-state index in [1.54, 1.807) is 39.1 Å². The van der Waals surface area contributed by atoms with Crippen LogP contribution in [0.15, 0.2) is 73.1 Å². The summed E-state index contributed by atoms with van der Waals surface area (Å²) < 4.78 is 11.1. The average molecular weight is 431 g/mol. The van der Waals surface area contributed by atoms with E-state index in [9.17, 15) is 9.59 Å². The Morgan fingerprint density at radius 3 is 2.16 bits per heavy atom. The van der Waals surface area contributed by atoms with E-state index in [0.717, 1.165) is 22.3 Å². The molecule has 32 heavy (non-hydrogen) atoms. The number of benzene rings is 2. The van der Waals surface area contributed by atoms with Gasteiger partial charge in [0.2, 0.25) is 0 Å². The lowest BCUT2D eigenvalue weighted by molar-refractivity contribution is -0.157. The fourth-order valence-electron chi connectivity index (χ4n) is 3.94. The lowest BCUT2D eigenvalue weighted by Crippen LogP contribution is -2.38. The van der Waals surface area contributed by atoms with Crippen molar-refractivity contribution in [3.05, 3.63) is 89.7 Å². The van der Waals surface area contributed by atoms with Crippen LogP contribution in [0.1, 0.15) is 49.4 Å². The second-order valence-corrected chi connectivity index (χ2v) is 8.72. The highest BCUT2D eigenvalue weighted by atomic mass is 16.6. The molecule has 0 saturated heterocycles. The molecular formula is C26H26N2O4. The van der Waals surface area contributed by atoms with Gasteiger partial charge in [-0.2, -0.15) is 0 Å². The normalized spacial score (nSPS) is 13.6. The Balaban J connectivity index is 1.49. The summed E-state index contributed by atoms with van der Waals surface area (Å²) in [6.45, 7) is 5.49. The SMILES string of the molecule is CC(C)(C)OC(=O)C(NC(=O)OCC1c2ccccc2-c2ccccc21)c1cccnc1. The number of carbonyl (C=O) groups excluding carboxylic acids is 2. The molecule has 0 fully saturated rings. The van der Waals surface area contributed by atoms with Crippen LogP contribution in [-0.4, -0.2) is 29.3 Å². The quantitative estimate of drug-likeness (QED) is 0.576. The van der Waals surface area contributed by atoms with E-state index < -0.39 is 23.7 Å². The van der Waals surface area contributed by atoms with E-state index >= 15 is 0 Å². The zero-order chi connectivity index (χ0) is 22.7. The first-order valence-corrected chi connectivity index (χ1v) is 10.6. The van der Waals surface area contributed by atoms with Crippen molar-refractivity contribution in [2.45, 2.75) is 38.3 Å². The van der Waals surface area contributed by atoms with Gasteiger partial charge in [-0.25, -0.2) is 9.59 Å². The standard InChI is InChI=1S/C26H26N2O4/c1-26(2,3)32-24(29)23(17-9-8-14-27-15-17)28-25(30)31-16-22-20-12-6-4-10-18(20)19-11-5-7-13-21(19)22/h4-15,22-23H,16H2,1-3H3,(H,28,30). The van der Waals surface area contributed by atoms with Gasteiger partial charge in [-0.05, 0) is 49.1 Å². The highest BCUT2D eigenvalue weighted by Gasteiger charge is 2.31. The van der Waals surface area contributed by atoms with Gasteiger partial charge in [0.15, 0.2) is 6.04 Å². The van der Waals surface area contributed by atoms with Gasteiger partial charge in [-0.15, -0.1) is 0 Å². The number of nitrogens with zero attached hydrogens (tertiary/aromatic N) is 1. The van der Waals surface area contributed by atoms with Gasteiger partial charge in [0.1, 0.15) is 12.2 Å². The summed E-state index contributed by atoms with van der Waals surface area (Å²) in [5, 5.41) is 2.65. The summed E-state index contributed by atoms with van der Waals surface area (Å²) in [5.74, 6) is -0.634. The highest BCUT2D eigenvalue weighted by molar-refractivity contribution is 5.83. The number of alkyl carbamates (subject to hydrolysis) is 1. The molecule has 3 aromatic rings. The lowest BCUT2D eigenvalue weighted by atomic mass is 9.98. The van der Waals surface area contributed by atoms with E-state index in [0.29, 0.717) is 5.56 Å². The van der Waals surface area contributed by atoms with Crippen molar-refractivity contribution >= 4 is 12.1 Å². The molecule has 1 aromatic heterocycles. The largest absolute Gasteiger partial charge is 0.458 e. The third-order valence-corrected chi connectivity index (χ3v) is 5.27. The number of esters is 1. The molecule has 164 valence electrons. The van der Waals surface area contributed by atoms with Gasteiger partial charge in [0, 0.05) is 23.9 Å². The van der Waals surface area contributed by atoms with Gasteiger partial charge in [0.05, 0.1) is 0 Å². The minimum absolute atomic E-state index is 0.0634.